The molecule has 2 N–H and O–H groups in total. The van der Waals surface area contributed by atoms with E-state index in [2.05, 4.69) is 33.5 Å². The highest BCUT2D eigenvalue weighted by Crippen LogP contribution is 2.20. The van der Waals surface area contributed by atoms with Gasteiger partial charge >= 0.3 is 0 Å². The predicted octanol–water partition coefficient (Wildman–Crippen LogP) is 2.48. The van der Waals surface area contributed by atoms with Gasteiger partial charge in [-0.25, -0.2) is 0 Å². The Morgan fingerprint density at radius 1 is 1.39 bits per heavy atom. The third-order valence-corrected chi connectivity index (χ3v) is 4.11. The van der Waals surface area contributed by atoms with Crippen LogP contribution in [-0.4, -0.2) is 19.0 Å². The molecule has 0 aliphatic carbocycles. The summed E-state index contributed by atoms with van der Waals surface area (Å²) in [5, 5.41) is 6.35. The summed E-state index contributed by atoms with van der Waals surface area (Å²) in [5.41, 5.74) is 1.13. The lowest BCUT2D eigenvalue weighted by atomic mass is 9.96. The first-order valence-electron chi connectivity index (χ1n) is 6.34. The second-order valence-electron chi connectivity index (χ2n) is 5.02. The molecule has 98 valence electrons. The highest BCUT2D eigenvalue weighted by atomic mass is 79.9. The van der Waals surface area contributed by atoms with Gasteiger partial charge in [-0.05, 0) is 37.1 Å². The first-order chi connectivity index (χ1) is 8.58. The van der Waals surface area contributed by atoms with E-state index in [4.69, 9.17) is 0 Å². The summed E-state index contributed by atoms with van der Waals surface area (Å²) in [7, 11) is 0. The second-order valence-corrected chi connectivity index (χ2v) is 5.94. The van der Waals surface area contributed by atoms with Crippen molar-refractivity contribution in [1.29, 1.82) is 0 Å². The van der Waals surface area contributed by atoms with E-state index in [0.29, 0.717) is 5.92 Å². The molecule has 1 saturated heterocycles. The lowest BCUT2D eigenvalue weighted by Gasteiger charge is -2.19. The largest absolute Gasteiger partial charge is 0.349 e. The molecule has 0 unspecified atom stereocenters. The van der Waals surface area contributed by atoms with Gasteiger partial charge in [-0.1, -0.05) is 35.0 Å². The van der Waals surface area contributed by atoms with Gasteiger partial charge in [-0.2, -0.15) is 0 Å². The Morgan fingerprint density at radius 3 is 2.61 bits per heavy atom. The zero-order valence-electron chi connectivity index (χ0n) is 10.7. The molecule has 0 radical (unpaired) electrons. The van der Waals surface area contributed by atoms with Gasteiger partial charge in [0.15, 0.2) is 0 Å². The Bertz CT molecular complexity index is 418. The number of nitrogens with one attached hydrogen (secondary N) is 2. The SMILES string of the molecule is C[C@@H]1CNC[C@H]1C(=O)N[C@H](C)c1ccc(Br)cc1. The van der Waals surface area contributed by atoms with Gasteiger partial charge in [0.1, 0.15) is 0 Å². The van der Waals surface area contributed by atoms with Gasteiger partial charge in [0.05, 0.1) is 12.0 Å². The van der Waals surface area contributed by atoms with Gasteiger partial charge in [0, 0.05) is 11.0 Å². The van der Waals surface area contributed by atoms with Gasteiger partial charge in [0.25, 0.3) is 0 Å². The topological polar surface area (TPSA) is 41.1 Å². The molecule has 4 heteroatoms. The van der Waals surface area contributed by atoms with Crippen LogP contribution in [0.2, 0.25) is 0 Å². The third-order valence-electron chi connectivity index (χ3n) is 3.58. The standard InChI is InChI=1S/C14H19BrN2O/c1-9-7-16-8-13(9)14(18)17-10(2)11-3-5-12(15)6-4-11/h3-6,9-10,13,16H,7-8H2,1-2H3,(H,17,18)/t9-,10-,13-/m1/s1. The first kappa shape index (κ1) is 13.6. The van der Waals surface area contributed by atoms with Gasteiger partial charge < -0.3 is 10.6 Å². The highest BCUT2D eigenvalue weighted by molar-refractivity contribution is 9.10. The lowest BCUT2D eigenvalue weighted by molar-refractivity contribution is -0.126. The third kappa shape index (κ3) is 3.12. The molecular weight excluding hydrogens is 292 g/mol. The minimum atomic E-state index is 0.0541. The summed E-state index contributed by atoms with van der Waals surface area (Å²) in [6, 6.07) is 8.12. The van der Waals surface area contributed by atoms with Crippen molar-refractivity contribution >= 4 is 21.8 Å². The minimum absolute atomic E-state index is 0.0541. The molecule has 3 nitrogen and oxygen atoms in total. The van der Waals surface area contributed by atoms with Crippen LogP contribution in [0.4, 0.5) is 0 Å². The van der Waals surface area contributed by atoms with Gasteiger partial charge in [-0.3, -0.25) is 4.79 Å². The number of halogens is 1. The van der Waals surface area contributed by atoms with Crippen LogP contribution < -0.4 is 10.6 Å². The molecule has 1 aromatic rings. The molecule has 1 heterocycles. The molecule has 1 amide bonds. The molecule has 3 atom stereocenters. The Labute approximate surface area is 116 Å². The van der Waals surface area contributed by atoms with Crippen molar-refractivity contribution in [2.45, 2.75) is 19.9 Å². The van der Waals surface area contributed by atoms with E-state index in [0.717, 1.165) is 23.1 Å². The molecule has 0 bridgehead atoms. The predicted molar refractivity (Wildman–Crippen MR) is 76.2 cm³/mol. The molecule has 18 heavy (non-hydrogen) atoms. The summed E-state index contributed by atoms with van der Waals surface area (Å²) < 4.78 is 1.05. The van der Waals surface area contributed by atoms with Crippen molar-refractivity contribution in [2.75, 3.05) is 13.1 Å². The highest BCUT2D eigenvalue weighted by Gasteiger charge is 2.30. The summed E-state index contributed by atoms with van der Waals surface area (Å²) in [6.07, 6.45) is 0. The van der Waals surface area contributed by atoms with Crippen LogP contribution in [0.3, 0.4) is 0 Å². The fraction of sp³-hybridized carbons (Fsp3) is 0.500. The number of hydrogen-bond donors (Lipinski definition) is 2. The maximum absolute atomic E-state index is 12.1. The van der Waals surface area contributed by atoms with E-state index in [1.54, 1.807) is 0 Å². The number of amides is 1. The van der Waals surface area contributed by atoms with Gasteiger partial charge in [0.2, 0.25) is 5.91 Å². The maximum Gasteiger partial charge on any atom is 0.225 e. The van der Waals surface area contributed by atoms with E-state index in [1.807, 2.05) is 31.2 Å². The molecule has 0 aromatic heterocycles. The minimum Gasteiger partial charge on any atom is -0.349 e. The lowest BCUT2D eigenvalue weighted by Crippen LogP contribution is -2.35. The summed E-state index contributed by atoms with van der Waals surface area (Å²) in [5.74, 6) is 0.674. The monoisotopic (exact) mass is 310 g/mol. The van der Waals surface area contributed by atoms with Crippen LogP contribution in [-0.2, 0) is 4.79 Å². The Kier molecular flexibility index (Phi) is 4.40. The molecule has 1 fully saturated rings. The Balaban J connectivity index is 1.96. The molecule has 0 saturated carbocycles. The van der Waals surface area contributed by atoms with Crippen LogP contribution in [0.25, 0.3) is 0 Å². The smallest absolute Gasteiger partial charge is 0.225 e. The fourth-order valence-corrected chi connectivity index (χ4v) is 2.58. The molecule has 1 aromatic carbocycles. The quantitative estimate of drug-likeness (QED) is 0.900. The van der Waals surface area contributed by atoms with Crippen molar-refractivity contribution in [3.8, 4) is 0 Å². The fourth-order valence-electron chi connectivity index (χ4n) is 2.32. The number of carbonyl (C=O) groups is 1. The Hall–Kier alpha value is -0.870. The van der Waals surface area contributed by atoms with Crippen LogP contribution in [0.15, 0.2) is 28.7 Å². The average molecular weight is 311 g/mol. The molecule has 2 rings (SSSR count). The summed E-state index contributed by atoms with van der Waals surface area (Å²) in [6.45, 7) is 5.87. The number of carbonyl (C=O) groups excluding carboxylic acids is 1. The van der Waals surface area contributed by atoms with Crippen molar-refractivity contribution in [2.24, 2.45) is 11.8 Å². The number of rotatable bonds is 3. The number of hydrogen-bond acceptors (Lipinski definition) is 2. The van der Waals surface area contributed by atoms with Crippen molar-refractivity contribution in [3.63, 3.8) is 0 Å². The zero-order chi connectivity index (χ0) is 13.1. The van der Waals surface area contributed by atoms with Crippen molar-refractivity contribution in [1.82, 2.24) is 10.6 Å². The van der Waals surface area contributed by atoms with Crippen LogP contribution in [0.5, 0.6) is 0 Å². The maximum atomic E-state index is 12.1. The summed E-state index contributed by atoms with van der Waals surface area (Å²) in [4.78, 5) is 12.1. The number of benzene rings is 1. The van der Waals surface area contributed by atoms with E-state index in [1.165, 1.54) is 0 Å². The molecular formula is C14H19BrN2O. The summed E-state index contributed by atoms with van der Waals surface area (Å²) >= 11 is 3.41. The second kappa shape index (κ2) is 5.85. The molecule has 0 spiro atoms. The van der Waals surface area contributed by atoms with Crippen LogP contribution in [0, 0.1) is 11.8 Å². The van der Waals surface area contributed by atoms with Gasteiger partial charge in [-0.15, -0.1) is 0 Å². The Morgan fingerprint density at radius 2 is 2.06 bits per heavy atom. The molecule has 1 aliphatic rings. The van der Waals surface area contributed by atoms with Crippen LogP contribution in [0.1, 0.15) is 25.5 Å². The van der Waals surface area contributed by atoms with E-state index >= 15 is 0 Å². The normalized spacial score (nSPS) is 24.8. The first-order valence-corrected chi connectivity index (χ1v) is 7.14. The van der Waals surface area contributed by atoms with E-state index in [-0.39, 0.29) is 17.9 Å². The van der Waals surface area contributed by atoms with E-state index in [9.17, 15) is 4.79 Å². The van der Waals surface area contributed by atoms with Crippen molar-refractivity contribution in [3.05, 3.63) is 34.3 Å². The zero-order valence-corrected chi connectivity index (χ0v) is 12.3. The van der Waals surface area contributed by atoms with E-state index < -0.39 is 0 Å². The van der Waals surface area contributed by atoms with Crippen LogP contribution >= 0.6 is 15.9 Å². The van der Waals surface area contributed by atoms with Crippen molar-refractivity contribution < 1.29 is 4.79 Å². The average Bonchev–Trinajstić information content (AvgIpc) is 2.76. The molecule has 1 aliphatic heterocycles.